The van der Waals surface area contributed by atoms with Gasteiger partial charge in [0.15, 0.2) is 18.1 Å². The molecule has 0 spiro atoms. The molecule has 0 aliphatic heterocycles. The van der Waals surface area contributed by atoms with Gasteiger partial charge in [-0.05, 0) is 69.0 Å². The van der Waals surface area contributed by atoms with E-state index in [1.54, 1.807) is 18.2 Å². The van der Waals surface area contributed by atoms with Crippen molar-refractivity contribution >= 4 is 11.8 Å². The van der Waals surface area contributed by atoms with E-state index in [2.05, 4.69) is 10.6 Å². The average molecular weight is 463 g/mol. The summed E-state index contributed by atoms with van der Waals surface area (Å²) < 4.78 is 12.9. The first-order valence-electron chi connectivity index (χ1n) is 11.5. The van der Waals surface area contributed by atoms with Crippen LogP contribution in [0.25, 0.3) is 5.69 Å². The topological polar surface area (TPSA) is 94.5 Å². The monoisotopic (exact) mass is 462 g/mol. The number of fused-ring (bicyclic) bond motifs is 1. The van der Waals surface area contributed by atoms with E-state index < -0.39 is 0 Å². The van der Waals surface area contributed by atoms with Crippen molar-refractivity contribution in [2.45, 2.75) is 45.7 Å². The average Bonchev–Trinajstić information content (AvgIpc) is 3.44. The zero-order valence-corrected chi connectivity index (χ0v) is 19.8. The first-order chi connectivity index (χ1) is 16.5. The molecular formula is C26H30N4O4. The summed E-state index contributed by atoms with van der Waals surface area (Å²) in [5, 5.41) is 10.5. The summed E-state index contributed by atoms with van der Waals surface area (Å²) >= 11 is 0. The van der Waals surface area contributed by atoms with Gasteiger partial charge in [0.1, 0.15) is 0 Å². The Morgan fingerprint density at radius 3 is 2.62 bits per heavy atom. The highest BCUT2D eigenvalue weighted by atomic mass is 16.5. The van der Waals surface area contributed by atoms with Gasteiger partial charge in [0.25, 0.3) is 11.8 Å². The highest BCUT2D eigenvalue weighted by Gasteiger charge is 2.23. The molecule has 0 bridgehead atoms. The first-order valence-corrected chi connectivity index (χ1v) is 11.5. The Hall–Kier alpha value is -3.81. The number of methoxy groups -OCH3 is 1. The van der Waals surface area contributed by atoms with E-state index in [-0.39, 0.29) is 24.5 Å². The number of hydrogen-bond donors (Lipinski definition) is 2. The third-order valence-corrected chi connectivity index (χ3v) is 5.66. The van der Waals surface area contributed by atoms with E-state index in [1.165, 1.54) is 18.4 Å². The summed E-state index contributed by atoms with van der Waals surface area (Å²) in [6.07, 6.45) is 3.05. The molecule has 8 nitrogen and oxygen atoms in total. The minimum absolute atomic E-state index is 0.0318. The van der Waals surface area contributed by atoms with Gasteiger partial charge in [-0.25, -0.2) is 4.68 Å². The molecule has 1 aromatic heterocycles. The number of aromatic nitrogens is 2. The van der Waals surface area contributed by atoms with Gasteiger partial charge in [-0.1, -0.05) is 18.2 Å². The lowest BCUT2D eigenvalue weighted by Gasteiger charge is -2.13. The summed E-state index contributed by atoms with van der Waals surface area (Å²) in [5.74, 6) is 0.335. The number of nitrogens with one attached hydrogen (secondary N) is 2. The molecule has 1 aliphatic carbocycles. The third-order valence-electron chi connectivity index (χ3n) is 5.66. The zero-order chi connectivity index (χ0) is 24.1. The van der Waals surface area contributed by atoms with Gasteiger partial charge in [-0.3, -0.25) is 9.59 Å². The molecule has 1 heterocycles. The Balaban J connectivity index is 1.43. The quantitative estimate of drug-likeness (QED) is 0.509. The molecule has 2 aromatic carbocycles. The fourth-order valence-corrected chi connectivity index (χ4v) is 4.14. The van der Waals surface area contributed by atoms with Gasteiger partial charge in [0.05, 0.1) is 25.0 Å². The second-order valence-corrected chi connectivity index (χ2v) is 8.53. The van der Waals surface area contributed by atoms with Crippen LogP contribution in [0.5, 0.6) is 11.5 Å². The molecule has 2 N–H and O–H groups in total. The van der Waals surface area contributed by atoms with Crippen LogP contribution < -0.4 is 20.1 Å². The molecule has 8 heteroatoms. The standard InChI is InChI=1S/C26H30N4O4/c1-17(2)28-25(31)16-34-23-13-12-18(14-24(23)33-3)26(32)27-15-21-20-10-7-11-22(20)30(29-21)19-8-5-4-6-9-19/h4-6,8-9,12-14,17H,7,10-11,15-16H2,1-3H3,(H,27,32)(H,28,31). The van der Waals surface area contributed by atoms with Crippen molar-refractivity contribution in [2.75, 3.05) is 13.7 Å². The van der Waals surface area contributed by atoms with Gasteiger partial charge < -0.3 is 20.1 Å². The second kappa shape index (κ2) is 10.4. The van der Waals surface area contributed by atoms with Gasteiger partial charge in [0.2, 0.25) is 0 Å². The predicted octanol–water partition coefficient (Wildman–Crippen LogP) is 3.20. The van der Waals surface area contributed by atoms with E-state index in [4.69, 9.17) is 14.6 Å². The van der Waals surface area contributed by atoms with Gasteiger partial charge in [0, 0.05) is 17.3 Å². The normalized spacial score (nSPS) is 12.4. The third kappa shape index (κ3) is 5.22. The van der Waals surface area contributed by atoms with Crippen LogP contribution in [-0.4, -0.2) is 41.4 Å². The van der Waals surface area contributed by atoms with Crippen molar-refractivity contribution in [1.82, 2.24) is 20.4 Å². The van der Waals surface area contributed by atoms with E-state index in [1.807, 2.05) is 48.9 Å². The largest absolute Gasteiger partial charge is 0.493 e. The molecule has 0 radical (unpaired) electrons. The summed E-state index contributed by atoms with van der Waals surface area (Å²) in [4.78, 5) is 24.7. The van der Waals surface area contributed by atoms with Crippen molar-refractivity contribution in [3.8, 4) is 17.2 Å². The minimum Gasteiger partial charge on any atom is -0.493 e. The fourth-order valence-electron chi connectivity index (χ4n) is 4.14. The lowest BCUT2D eigenvalue weighted by Crippen LogP contribution is -2.34. The molecular weight excluding hydrogens is 432 g/mol. The van der Waals surface area contributed by atoms with Crippen LogP contribution in [0.3, 0.4) is 0 Å². The maximum Gasteiger partial charge on any atom is 0.258 e. The first kappa shape index (κ1) is 23.4. The van der Waals surface area contributed by atoms with Crippen molar-refractivity contribution in [3.05, 3.63) is 71.0 Å². The van der Waals surface area contributed by atoms with Gasteiger partial charge in [-0.15, -0.1) is 0 Å². The van der Waals surface area contributed by atoms with Crippen LogP contribution in [0.2, 0.25) is 0 Å². The van der Waals surface area contributed by atoms with Crippen molar-refractivity contribution in [1.29, 1.82) is 0 Å². The smallest absolute Gasteiger partial charge is 0.258 e. The SMILES string of the molecule is COc1cc(C(=O)NCc2nn(-c3ccccc3)c3c2CCC3)ccc1OCC(=O)NC(C)C. The second-order valence-electron chi connectivity index (χ2n) is 8.53. The van der Waals surface area contributed by atoms with Crippen molar-refractivity contribution in [3.63, 3.8) is 0 Å². The molecule has 0 unspecified atom stereocenters. The zero-order valence-electron chi connectivity index (χ0n) is 19.8. The molecule has 0 fully saturated rings. The van der Waals surface area contributed by atoms with Crippen LogP contribution in [0.15, 0.2) is 48.5 Å². The molecule has 34 heavy (non-hydrogen) atoms. The van der Waals surface area contributed by atoms with Crippen molar-refractivity contribution in [2.24, 2.45) is 0 Å². The number of rotatable bonds is 9. The summed E-state index contributed by atoms with van der Waals surface area (Å²) in [5.41, 5.74) is 4.81. The number of carbonyl (C=O) groups is 2. The molecule has 3 aromatic rings. The maximum absolute atomic E-state index is 12.9. The molecule has 0 saturated carbocycles. The van der Waals surface area contributed by atoms with Crippen LogP contribution in [-0.2, 0) is 24.2 Å². The minimum atomic E-state index is -0.233. The highest BCUT2D eigenvalue weighted by Crippen LogP contribution is 2.29. The summed E-state index contributed by atoms with van der Waals surface area (Å²) in [7, 11) is 1.50. The highest BCUT2D eigenvalue weighted by molar-refractivity contribution is 5.94. The number of para-hydroxylation sites is 1. The molecule has 0 saturated heterocycles. The molecule has 2 amide bonds. The molecule has 178 valence electrons. The number of hydrogen-bond acceptors (Lipinski definition) is 5. The molecule has 4 rings (SSSR count). The van der Waals surface area contributed by atoms with Crippen LogP contribution >= 0.6 is 0 Å². The number of ether oxygens (including phenoxy) is 2. The number of benzene rings is 2. The van der Waals surface area contributed by atoms with Crippen LogP contribution in [0.4, 0.5) is 0 Å². The Kier molecular flexibility index (Phi) is 7.15. The predicted molar refractivity (Wildman–Crippen MR) is 129 cm³/mol. The lowest BCUT2D eigenvalue weighted by atomic mass is 10.1. The van der Waals surface area contributed by atoms with E-state index in [0.717, 1.165) is 30.6 Å². The Morgan fingerprint density at radius 2 is 1.88 bits per heavy atom. The summed E-state index contributed by atoms with van der Waals surface area (Å²) in [6.45, 7) is 3.98. The number of amides is 2. The summed E-state index contributed by atoms with van der Waals surface area (Å²) in [6, 6.07) is 15.0. The Morgan fingerprint density at radius 1 is 1.09 bits per heavy atom. The van der Waals surface area contributed by atoms with Gasteiger partial charge >= 0.3 is 0 Å². The Bertz CT molecular complexity index is 1170. The van der Waals surface area contributed by atoms with E-state index in [0.29, 0.717) is 23.6 Å². The molecule has 1 aliphatic rings. The van der Waals surface area contributed by atoms with Crippen LogP contribution in [0.1, 0.15) is 47.6 Å². The van der Waals surface area contributed by atoms with E-state index >= 15 is 0 Å². The van der Waals surface area contributed by atoms with Gasteiger partial charge in [-0.2, -0.15) is 5.10 Å². The van der Waals surface area contributed by atoms with E-state index in [9.17, 15) is 9.59 Å². The fraction of sp³-hybridized carbons (Fsp3) is 0.346. The molecule has 0 atom stereocenters. The number of nitrogens with zero attached hydrogens (tertiary/aromatic N) is 2. The van der Waals surface area contributed by atoms with Crippen LogP contribution in [0, 0.1) is 0 Å². The number of carbonyl (C=O) groups excluding carboxylic acids is 2. The maximum atomic E-state index is 12.9. The lowest BCUT2D eigenvalue weighted by molar-refractivity contribution is -0.123. The Labute approximate surface area is 199 Å². The van der Waals surface area contributed by atoms with Crippen molar-refractivity contribution < 1.29 is 19.1 Å².